The van der Waals surface area contributed by atoms with E-state index in [-0.39, 0.29) is 6.04 Å². The summed E-state index contributed by atoms with van der Waals surface area (Å²) in [5, 5.41) is 13.1. The SMILES string of the molecule is N#Cc1c(Cl)cccc1NC1CCOc2ccccc21. The van der Waals surface area contributed by atoms with Gasteiger partial charge in [-0.15, -0.1) is 0 Å². The molecule has 1 N–H and O–H groups in total. The molecule has 0 aromatic heterocycles. The number of anilines is 1. The normalized spacial score (nSPS) is 16.7. The molecular formula is C16H13ClN2O. The van der Waals surface area contributed by atoms with Crippen molar-refractivity contribution in [3.63, 3.8) is 0 Å². The van der Waals surface area contributed by atoms with Crippen LogP contribution in [-0.4, -0.2) is 6.61 Å². The van der Waals surface area contributed by atoms with E-state index in [1.807, 2.05) is 36.4 Å². The number of rotatable bonds is 2. The van der Waals surface area contributed by atoms with Gasteiger partial charge in [0, 0.05) is 12.0 Å². The standard InChI is InChI=1S/C16H13ClN2O/c17-13-5-3-6-14(12(13)10-18)19-15-8-9-20-16-7-2-1-4-11(15)16/h1-7,15,19H,8-9H2. The number of fused-ring (bicyclic) bond motifs is 1. The molecule has 1 aliphatic heterocycles. The van der Waals surface area contributed by atoms with E-state index in [0.717, 1.165) is 23.4 Å². The molecule has 0 saturated carbocycles. The lowest BCUT2D eigenvalue weighted by molar-refractivity contribution is 0.274. The highest BCUT2D eigenvalue weighted by atomic mass is 35.5. The molecule has 0 amide bonds. The van der Waals surface area contributed by atoms with Crippen LogP contribution in [-0.2, 0) is 0 Å². The van der Waals surface area contributed by atoms with Crippen LogP contribution >= 0.6 is 11.6 Å². The maximum Gasteiger partial charge on any atom is 0.124 e. The zero-order valence-corrected chi connectivity index (χ0v) is 11.5. The first kappa shape index (κ1) is 12.8. The van der Waals surface area contributed by atoms with Crippen LogP contribution in [0.4, 0.5) is 5.69 Å². The lowest BCUT2D eigenvalue weighted by Crippen LogP contribution is -2.20. The van der Waals surface area contributed by atoms with Crippen molar-refractivity contribution in [3.05, 3.63) is 58.6 Å². The van der Waals surface area contributed by atoms with E-state index < -0.39 is 0 Å². The van der Waals surface area contributed by atoms with E-state index in [1.54, 1.807) is 6.07 Å². The molecule has 0 fully saturated rings. The summed E-state index contributed by atoms with van der Waals surface area (Å²) in [7, 11) is 0. The van der Waals surface area contributed by atoms with E-state index in [0.29, 0.717) is 17.2 Å². The van der Waals surface area contributed by atoms with Crippen molar-refractivity contribution in [2.24, 2.45) is 0 Å². The van der Waals surface area contributed by atoms with Gasteiger partial charge in [0.2, 0.25) is 0 Å². The van der Waals surface area contributed by atoms with Crippen LogP contribution in [0.1, 0.15) is 23.6 Å². The molecule has 3 nitrogen and oxygen atoms in total. The molecule has 0 bridgehead atoms. The zero-order valence-electron chi connectivity index (χ0n) is 10.8. The Labute approximate surface area is 122 Å². The van der Waals surface area contributed by atoms with Gasteiger partial charge in [0.25, 0.3) is 0 Å². The molecule has 100 valence electrons. The van der Waals surface area contributed by atoms with Gasteiger partial charge in [-0.3, -0.25) is 0 Å². The maximum atomic E-state index is 9.22. The quantitative estimate of drug-likeness (QED) is 0.901. The van der Waals surface area contributed by atoms with Crippen LogP contribution in [0, 0.1) is 11.3 Å². The fraction of sp³-hybridized carbons (Fsp3) is 0.188. The summed E-state index contributed by atoms with van der Waals surface area (Å²) in [6.07, 6.45) is 0.856. The Balaban J connectivity index is 1.94. The number of hydrogen-bond acceptors (Lipinski definition) is 3. The van der Waals surface area contributed by atoms with E-state index in [9.17, 15) is 5.26 Å². The van der Waals surface area contributed by atoms with Crippen molar-refractivity contribution in [1.29, 1.82) is 5.26 Å². The molecule has 0 aliphatic carbocycles. The third-order valence-electron chi connectivity index (χ3n) is 3.41. The number of hydrogen-bond donors (Lipinski definition) is 1. The molecule has 20 heavy (non-hydrogen) atoms. The van der Waals surface area contributed by atoms with Gasteiger partial charge in [-0.1, -0.05) is 35.9 Å². The van der Waals surface area contributed by atoms with Crippen molar-refractivity contribution in [2.45, 2.75) is 12.5 Å². The first-order chi connectivity index (χ1) is 9.79. The minimum Gasteiger partial charge on any atom is -0.493 e. The fourth-order valence-electron chi connectivity index (χ4n) is 2.44. The highest BCUT2D eigenvalue weighted by Gasteiger charge is 2.21. The van der Waals surface area contributed by atoms with Gasteiger partial charge < -0.3 is 10.1 Å². The summed E-state index contributed by atoms with van der Waals surface area (Å²) in [6.45, 7) is 0.664. The first-order valence-corrected chi connectivity index (χ1v) is 6.84. The Bertz CT molecular complexity index is 678. The lowest BCUT2D eigenvalue weighted by Gasteiger charge is -2.27. The predicted octanol–water partition coefficient (Wildman–Crippen LogP) is 4.15. The van der Waals surface area contributed by atoms with Gasteiger partial charge in [-0.25, -0.2) is 0 Å². The summed E-state index contributed by atoms with van der Waals surface area (Å²) in [5.74, 6) is 0.900. The Morgan fingerprint density at radius 2 is 2.05 bits per heavy atom. The topological polar surface area (TPSA) is 45.0 Å². The van der Waals surface area contributed by atoms with Crippen LogP contribution in [0.25, 0.3) is 0 Å². The van der Waals surface area contributed by atoms with E-state index >= 15 is 0 Å². The molecule has 0 spiro atoms. The second-order valence-electron chi connectivity index (χ2n) is 4.65. The summed E-state index contributed by atoms with van der Waals surface area (Å²) in [5.41, 5.74) is 2.36. The van der Waals surface area contributed by atoms with E-state index in [2.05, 4.69) is 11.4 Å². The Morgan fingerprint density at radius 1 is 1.20 bits per heavy atom. The number of para-hydroxylation sites is 1. The number of ether oxygens (including phenoxy) is 1. The van der Waals surface area contributed by atoms with Crippen molar-refractivity contribution >= 4 is 17.3 Å². The van der Waals surface area contributed by atoms with Crippen molar-refractivity contribution in [2.75, 3.05) is 11.9 Å². The van der Waals surface area contributed by atoms with Gasteiger partial charge in [0.05, 0.1) is 28.9 Å². The number of nitrogens with zero attached hydrogens (tertiary/aromatic N) is 1. The molecule has 1 atom stereocenters. The Hall–Kier alpha value is -2.18. The van der Waals surface area contributed by atoms with E-state index in [1.165, 1.54) is 0 Å². The molecular weight excluding hydrogens is 272 g/mol. The van der Waals surface area contributed by atoms with Gasteiger partial charge in [0.1, 0.15) is 11.8 Å². The van der Waals surface area contributed by atoms with Crippen LogP contribution in [0.2, 0.25) is 5.02 Å². The first-order valence-electron chi connectivity index (χ1n) is 6.46. The minimum absolute atomic E-state index is 0.130. The maximum absolute atomic E-state index is 9.22. The van der Waals surface area contributed by atoms with Crippen LogP contribution in [0.15, 0.2) is 42.5 Å². The minimum atomic E-state index is 0.130. The largest absolute Gasteiger partial charge is 0.493 e. The summed E-state index contributed by atoms with van der Waals surface area (Å²) >= 11 is 6.06. The highest BCUT2D eigenvalue weighted by Crippen LogP contribution is 2.35. The van der Waals surface area contributed by atoms with Gasteiger partial charge >= 0.3 is 0 Å². The second-order valence-corrected chi connectivity index (χ2v) is 5.05. The van der Waals surface area contributed by atoms with Crippen molar-refractivity contribution in [1.82, 2.24) is 0 Å². The number of halogens is 1. The molecule has 0 saturated heterocycles. The summed E-state index contributed by atoms with van der Waals surface area (Å²) in [6, 6.07) is 15.7. The molecule has 2 aromatic carbocycles. The molecule has 3 rings (SSSR count). The Kier molecular flexibility index (Phi) is 3.49. The monoisotopic (exact) mass is 284 g/mol. The van der Waals surface area contributed by atoms with E-state index in [4.69, 9.17) is 16.3 Å². The van der Waals surface area contributed by atoms with Gasteiger partial charge in [-0.2, -0.15) is 5.26 Å². The van der Waals surface area contributed by atoms with Crippen LogP contribution < -0.4 is 10.1 Å². The third kappa shape index (κ3) is 2.31. The fourth-order valence-corrected chi connectivity index (χ4v) is 2.65. The average molecular weight is 285 g/mol. The molecule has 1 aliphatic rings. The van der Waals surface area contributed by atoms with Gasteiger partial charge in [0.15, 0.2) is 0 Å². The van der Waals surface area contributed by atoms with Crippen LogP contribution in [0.5, 0.6) is 5.75 Å². The average Bonchev–Trinajstić information content (AvgIpc) is 2.48. The highest BCUT2D eigenvalue weighted by molar-refractivity contribution is 6.32. The molecule has 1 unspecified atom stereocenters. The molecule has 4 heteroatoms. The summed E-state index contributed by atoms with van der Waals surface area (Å²) in [4.78, 5) is 0. The number of nitriles is 1. The molecule has 0 radical (unpaired) electrons. The summed E-state index contributed by atoms with van der Waals surface area (Å²) < 4.78 is 5.64. The molecule has 2 aromatic rings. The zero-order chi connectivity index (χ0) is 13.9. The number of benzene rings is 2. The lowest BCUT2D eigenvalue weighted by atomic mass is 10.00. The van der Waals surface area contributed by atoms with Crippen LogP contribution in [0.3, 0.4) is 0 Å². The molecule has 1 heterocycles. The second kappa shape index (κ2) is 5.44. The Morgan fingerprint density at radius 3 is 2.90 bits per heavy atom. The van der Waals surface area contributed by atoms with Gasteiger partial charge in [-0.05, 0) is 18.2 Å². The number of nitrogens with one attached hydrogen (secondary N) is 1. The van der Waals surface area contributed by atoms with Crippen molar-refractivity contribution < 1.29 is 4.74 Å². The van der Waals surface area contributed by atoms with Crippen molar-refractivity contribution in [3.8, 4) is 11.8 Å². The predicted molar refractivity (Wildman–Crippen MR) is 79.1 cm³/mol. The smallest absolute Gasteiger partial charge is 0.124 e. The third-order valence-corrected chi connectivity index (χ3v) is 3.73.